The molecule has 0 saturated heterocycles. The van der Waals surface area contributed by atoms with Crippen molar-refractivity contribution in [3.05, 3.63) is 78.1 Å². The van der Waals surface area contributed by atoms with Gasteiger partial charge in [-0.25, -0.2) is 0 Å². The molecule has 0 aliphatic rings. The molecule has 0 aromatic rings. The first kappa shape index (κ1) is 36.8. The second kappa shape index (κ2) is 395. The highest BCUT2D eigenvalue weighted by Gasteiger charge is 1.55. The average Bonchev–Trinajstić information content (AvgIpc) is 2.41. The molecule has 0 spiro atoms. The summed E-state index contributed by atoms with van der Waals surface area (Å²) in [5.41, 5.74) is 0. The summed E-state index contributed by atoms with van der Waals surface area (Å²) in [6.45, 7) is 35.2. The molecule has 0 radical (unpaired) electrons. The molecule has 0 heterocycles. The zero-order valence-electron chi connectivity index (χ0n) is 11.3. The van der Waals surface area contributed by atoms with Crippen LogP contribution in [0.4, 0.5) is 0 Å². The smallest absolute Gasteiger partial charge is 0.0844 e. The van der Waals surface area contributed by atoms with Gasteiger partial charge in [0.15, 0.2) is 0 Å². The predicted octanol–water partition coefficient (Wildman–Crippen LogP) is 5.57. The van der Waals surface area contributed by atoms with Crippen LogP contribution in [0.25, 0.3) is 0 Å². The van der Waals surface area contributed by atoms with Crippen molar-refractivity contribution in [2.24, 2.45) is 0 Å². The zero-order valence-corrected chi connectivity index (χ0v) is 11.3. The molecule has 0 fully saturated rings. The summed E-state index contributed by atoms with van der Waals surface area (Å²) in [6, 6.07) is 0. The lowest BCUT2D eigenvalue weighted by atomic mass is 10.8. The first-order valence-electron chi connectivity index (χ1n) is 4.63. The Kier molecular flexibility index (Phi) is 908. The number of ether oxygens (including phenoxy) is 1. The lowest BCUT2D eigenvalue weighted by Gasteiger charge is -1.84. The van der Waals surface area contributed by atoms with E-state index >= 15 is 0 Å². The second-order valence-electron chi connectivity index (χ2n) is 1.03. The molecular weight excluding hydrogens is 196 g/mol. The van der Waals surface area contributed by atoms with E-state index in [9.17, 15) is 0 Å². The maximum absolute atomic E-state index is 4.60. The molecule has 96 valence electrons. The average molecular weight is 226 g/mol. The fourth-order valence-corrected chi connectivity index (χ4v) is 0.118. The Balaban J connectivity index is -0.0000000201. The predicted molar refractivity (Wildman–Crippen MR) is 82.7 cm³/mol. The molecule has 0 saturated carbocycles. The van der Waals surface area contributed by atoms with E-state index in [-0.39, 0.29) is 0 Å². The number of allylic oxidation sites excluding steroid dienone is 1. The minimum absolute atomic E-state index is 0.726. The first-order valence-corrected chi connectivity index (χ1v) is 4.63. The van der Waals surface area contributed by atoms with Crippen LogP contribution in [-0.2, 0) is 4.74 Å². The fraction of sp³-hybridized carbons (Fsp3) is 0.200. The quantitative estimate of drug-likeness (QED) is 0.442. The summed E-state index contributed by atoms with van der Waals surface area (Å²) < 4.78 is 4.60. The van der Waals surface area contributed by atoms with Gasteiger partial charge in [0.1, 0.15) is 0 Å². The Bertz CT molecular complexity index is 79.4. The number of hydrogen-bond donors (Lipinski definition) is 0. The Morgan fingerprint density at radius 3 is 1.00 bits per heavy atom. The minimum atomic E-state index is 0.726. The Labute approximate surface area is 104 Å². The van der Waals surface area contributed by atoms with Crippen molar-refractivity contribution >= 4 is 0 Å². The van der Waals surface area contributed by atoms with Crippen LogP contribution in [0.1, 0.15) is 13.8 Å². The SMILES string of the molecule is C=C.C=C.C=C.C=C.C=CC.C=COCC. The summed E-state index contributed by atoms with van der Waals surface area (Å²) in [5, 5.41) is 0. The maximum atomic E-state index is 4.60. The van der Waals surface area contributed by atoms with Gasteiger partial charge in [0.2, 0.25) is 0 Å². The monoisotopic (exact) mass is 226 g/mol. The highest BCUT2D eigenvalue weighted by atomic mass is 16.5. The van der Waals surface area contributed by atoms with Gasteiger partial charge in [0.25, 0.3) is 0 Å². The van der Waals surface area contributed by atoms with Crippen LogP contribution in [-0.4, -0.2) is 6.61 Å². The molecule has 0 aliphatic carbocycles. The van der Waals surface area contributed by atoms with Gasteiger partial charge in [-0.1, -0.05) is 12.7 Å². The van der Waals surface area contributed by atoms with Gasteiger partial charge < -0.3 is 4.74 Å². The van der Waals surface area contributed by atoms with Crippen LogP contribution in [0.2, 0.25) is 0 Å². The topological polar surface area (TPSA) is 9.23 Å². The Hall–Kier alpha value is -1.76. The van der Waals surface area contributed by atoms with Crippen molar-refractivity contribution in [1.82, 2.24) is 0 Å². The third kappa shape index (κ3) is 26800. The van der Waals surface area contributed by atoms with Crippen molar-refractivity contribution in [2.75, 3.05) is 6.61 Å². The summed E-state index contributed by atoms with van der Waals surface area (Å²) in [5.74, 6) is 0. The fourth-order valence-electron chi connectivity index (χ4n) is 0.118. The standard InChI is InChI=1S/C4H8O.C3H6.4C2H4/c1-3-5-4-2;1-3-2;4*1-2/h3H,1,4H2,2H3;3H,1H2,2H3;4*1-2H2. The molecule has 1 nitrogen and oxygen atoms in total. The normalized spacial score (nSPS) is 3.88. The highest BCUT2D eigenvalue weighted by Crippen LogP contribution is 1.65. The molecular formula is C15H30O. The summed E-state index contributed by atoms with van der Waals surface area (Å²) >= 11 is 0. The highest BCUT2D eigenvalue weighted by molar-refractivity contribution is 4.51. The van der Waals surface area contributed by atoms with Crippen molar-refractivity contribution in [3.63, 3.8) is 0 Å². The van der Waals surface area contributed by atoms with E-state index in [0.717, 1.165) is 6.61 Å². The lowest BCUT2D eigenvalue weighted by molar-refractivity contribution is 0.270. The van der Waals surface area contributed by atoms with Crippen LogP contribution in [0.15, 0.2) is 78.1 Å². The lowest BCUT2D eigenvalue weighted by Crippen LogP contribution is -1.72. The third-order valence-electron chi connectivity index (χ3n) is 0.285. The van der Waals surface area contributed by atoms with Gasteiger partial charge in [0, 0.05) is 0 Å². The van der Waals surface area contributed by atoms with Crippen LogP contribution in [0.3, 0.4) is 0 Å². The molecule has 0 aromatic heterocycles. The van der Waals surface area contributed by atoms with E-state index in [0.29, 0.717) is 0 Å². The summed E-state index contributed by atoms with van der Waals surface area (Å²) in [4.78, 5) is 0. The van der Waals surface area contributed by atoms with Gasteiger partial charge >= 0.3 is 0 Å². The van der Waals surface area contributed by atoms with E-state index < -0.39 is 0 Å². The molecule has 0 atom stereocenters. The molecule has 0 aliphatic heterocycles. The van der Waals surface area contributed by atoms with Crippen LogP contribution in [0, 0.1) is 0 Å². The van der Waals surface area contributed by atoms with E-state index in [1.807, 2.05) is 13.8 Å². The number of hydrogen-bond acceptors (Lipinski definition) is 1. The maximum Gasteiger partial charge on any atom is 0.0844 e. The Morgan fingerprint density at radius 2 is 1.00 bits per heavy atom. The molecule has 0 rings (SSSR count). The molecule has 0 bridgehead atoms. The first-order chi connectivity index (χ1) is 7.83. The largest absolute Gasteiger partial charge is 0.502 e. The van der Waals surface area contributed by atoms with Gasteiger partial charge in [-0.2, -0.15) is 0 Å². The van der Waals surface area contributed by atoms with Gasteiger partial charge in [-0.05, 0) is 13.8 Å². The minimum Gasteiger partial charge on any atom is -0.502 e. The zero-order chi connectivity index (χ0) is 14.8. The Morgan fingerprint density at radius 1 is 0.812 bits per heavy atom. The molecule has 0 aromatic carbocycles. The molecule has 16 heavy (non-hydrogen) atoms. The van der Waals surface area contributed by atoms with Gasteiger partial charge in [-0.15, -0.1) is 59.2 Å². The van der Waals surface area contributed by atoms with E-state index in [2.05, 4.69) is 70.5 Å². The molecule has 1 heteroatoms. The van der Waals surface area contributed by atoms with E-state index in [1.165, 1.54) is 6.26 Å². The van der Waals surface area contributed by atoms with Crippen LogP contribution < -0.4 is 0 Å². The van der Waals surface area contributed by atoms with Crippen LogP contribution >= 0.6 is 0 Å². The summed E-state index contributed by atoms with van der Waals surface area (Å²) in [6.07, 6.45) is 3.18. The van der Waals surface area contributed by atoms with Crippen molar-refractivity contribution in [1.29, 1.82) is 0 Å². The molecule has 0 amide bonds. The summed E-state index contributed by atoms with van der Waals surface area (Å²) in [7, 11) is 0. The van der Waals surface area contributed by atoms with Crippen LogP contribution in [0.5, 0.6) is 0 Å². The number of rotatable bonds is 2. The van der Waals surface area contributed by atoms with E-state index in [4.69, 9.17) is 0 Å². The van der Waals surface area contributed by atoms with Crippen molar-refractivity contribution < 1.29 is 4.74 Å². The van der Waals surface area contributed by atoms with Gasteiger partial charge in [-0.3, -0.25) is 0 Å². The molecule has 0 unspecified atom stereocenters. The third-order valence-corrected chi connectivity index (χ3v) is 0.285. The van der Waals surface area contributed by atoms with Crippen molar-refractivity contribution in [2.45, 2.75) is 13.8 Å². The molecule has 0 N–H and O–H groups in total. The van der Waals surface area contributed by atoms with Crippen molar-refractivity contribution in [3.8, 4) is 0 Å². The van der Waals surface area contributed by atoms with E-state index in [1.54, 1.807) is 6.08 Å². The second-order valence-corrected chi connectivity index (χ2v) is 1.03. The van der Waals surface area contributed by atoms with Gasteiger partial charge in [0.05, 0.1) is 12.9 Å².